The minimum atomic E-state index is -0.0761. The number of anilines is 1. The Morgan fingerprint density at radius 1 is 1.45 bits per heavy atom. The molecule has 1 amide bonds. The van der Waals surface area contributed by atoms with E-state index in [9.17, 15) is 4.79 Å². The van der Waals surface area contributed by atoms with Crippen LogP contribution in [0.4, 0.5) is 5.82 Å². The minimum Gasteiger partial charge on any atom is -0.370 e. The first-order valence-electron chi connectivity index (χ1n) is 7.32. The number of aromatic nitrogens is 1. The highest BCUT2D eigenvalue weighted by atomic mass is 35.5. The van der Waals surface area contributed by atoms with E-state index in [0.29, 0.717) is 22.5 Å². The molecule has 0 aliphatic heterocycles. The van der Waals surface area contributed by atoms with E-state index < -0.39 is 0 Å². The Labute approximate surface area is 125 Å². The van der Waals surface area contributed by atoms with Crippen molar-refractivity contribution in [3.63, 3.8) is 0 Å². The summed E-state index contributed by atoms with van der Waals surface area (Å²) < 4.78 is 0. The number of amides is 1. The van der Waals surface area contributed by atoms with Gasteiger partial charge in [-0.25, -0.2) is 4.98 Å². The third kappa shape index (κ3) is 3.85. The number of pyridine rings is 1. The summed E-state index contributed by atoms with van der Waals surface area (Å²) in [5.41, 5.74) is 0.561. The second-order valence-electron chi connectivity index (χ2n) is 5.40. The van der Waals surface area contributed by atoms with Crippen LogP contribution in [0.2, 0.25) is 5.15 Å². The van der Waals surface area contributed by atoms with Crippen LogP contribution in [-0.4, -0.2) is 23.5 Å². The van der Waals surface area contributed by atoms with E-state index in [-0.39, 0.29) is 11.9 Å². The van der Waals surface area contributed by atoms with Gasteiger partial charge in [-0.2, -0.15) is 0 Å². The van der Waals surface area contributed by atoms with Gasteiger partial charge < -0.3 is 10.6 Å². The smallest absolute Gasteiger partial charge is 0.251 e. The lowest BCUT2D eigenvalue weighted by molar-refractivity contribution is 0.0927. The molecule has 1 aromatic rings. The standard InChI is InChI=1S/C15H22ClN3O/c1-3-17-14-9-12(8-13(16)19-14)15(20)18-10(2)11-6-4-5-7-11/h8-11H,3-7H2,1-2H3,(H,17,19)(H,18,20). The maximum Gasteiger partial charge on any atom is 0.251 e. The zero-order valence-electron chi connectivity index (χ0n) is 12.1. The van der Waals surface area contributed by atoms with Gasteiger partial charge >= 0.3 is 0 Å². The lowest BCUT2D eigenvalue weighted by Crippen LogP contribution is -2.37. The van der Waals surface area contributed by atoms with E-state index in [1.165, 1.54) is 25.7 Å². The highest BCUT2D eigenvalue weighted by Crippen LogP contribution is 2.27. The van der Waals surface area contributed by atoms with Gasteiger partial charge in [-0.15, -0.1) is 0 Å². The van der Waals surface area contributed by atoms with Crippen LogP contribution >= 0.6 is 11.6 Å². The number of nitrogens with one attached hydrogen (secondary N) is 2. The topological polar surface area (TPSA) is 54.0 Å². The number of carbonyl (C=O) groups is 1. The second-order valence-corrected chi connectivity index (χ2v) is 5.79. The monoisotopic (exact) mass is 295 g/mol. The van der Waals surface area contributed by atoms with Crippen LogP contribution in [0.25, 0.3) is 0 Å². The summed E-state index contributed by atoms with van der Waals surface area (Å²) in [6.07, 6.45) is 4.97. The molecular formula is C15H22ClN3O. The van der Waals surface area contributed by atoms with E-state index >= 15 is 0 Å². The largest absolute Gasteiger partial charge is 0.370 e. The quantitative estimate of drug-likeness (QED) is 0.818. The van der Waals surface area contributed by atoms with Crippen molar-refractivity contribution < 1.29 is 4.79 Å². The first-order chi connectivity index (χ1) is 9.60. The molecule has 5 heteroatoms. The molecule has 1 saturated carbocycles. The normalized spacial score (nSPS) is 16.9. The Kier molecular flexibility index (Phi) is 5.24. The van der Waals surface area contributed by atoms with Crippen LogP contribution in [0.15, 0.2) is 12.1 Å². The van der Waals surface area contributed by atoms with Gasteiger partial charge in [0.05, 0.1) is 0 Å². The van der Waals surface area contributed by atoms with Crippen LogP contribution in [0.3, 0.4) is 0 Å². The van der Waals surface area contributed by atoms with Gasteiger partial charge in [0.15, 0.2) is 0 Å². The predicted octanol–water partition coefficient (Wildman–Crippen LogP) is 3.48. The predicted molar refractivity (Wildman–Crippen MR) is 82.3 cm³/mol. The van der Waals surface area contributed by atoms with Gasteiger partial charge in [0, 0.05) is 18.2 Å². The highest BCUT2D eigenvalue weighted by Gasteiger charge is 2.23. The Hall–Kier alpha value is -1.29. The molecule has 4 nitrogen and oxygen atoms in total. The zero-order valence-corrected chi connectivity index (χ0v) is 12.8. The molecule has 0 bridgehead atoms. The number of rotatable bonds is 5. The molecule has 110 valence electrons. The maximum absolute atomic E-state index is 12.3. The van der Waals surface area contributed by atoms with E-state index in [1.54, 1.807) is 12.1 Å². The van der Waals surface area contributed by atoms with Crippen molar-refractivity contribution in [1.29, 1.82) is 0 Å². The van der Waals surface area contributed by atoms with Crippen molar-refractivity contribution >= 4 is 23.3 Å². The van der Waals surface area contributed by atoms with Gasteiger partial charge in [0.25, 0.3) is 5.91 Å². The van der Waals surface area contributed by atoms with Crippen LogP contribution in [0, 0.1) is 5.92 Å². The highest BCUT2D eigenvalue weighted by molar-refractivity contribution is 6.29. The Balaban J connectivity index is 2.04. The summed E-state index contributed by atoms with van der Waals surface area (Å²) in [6, 6.07) is 3.56. The summed E-state index contributed by atoms with van der Waals surface area (Å²) in [4.78, 5) is 16.4. The van der Waals surface area contributed by atoms with Gasteiger partial charge in [-0.05, 0) is 44.7 Å². The number of halogens is 1. The van der Waals surface area contributed by atoms with Gasteiger partial charge in [-0.1, -0.05) is 24.4 Å². The summed E-state index contributed by atoms with van der Waals surface area (Å²) in [5, 5.41) is 6.49. The summed E-state index contributed by atoms with van der Waals surface area (Å²) >= 11 is 5.96. The molecule has 1 aliphatic carbocycles. The van der Waals surface area contributed by atoms with Crippen molar-refractivity contribution in [2.75, 3.05) is 11.9 Å². The second kappa shape index (κ2) is 6.93. The molecule has 0 radical (unpaired) electrons. The van der Waals surface area contributed by atoms with Gasteiger partial charge in [-0.3, -0.25) is 4.79 Å². The molecule has 2 rings (SSSR count). The molecule has 0 spiro atoms. The number of nitrogens with zero attached hydrogens (tertiary/aromatic N) is 1. The first-order valence-corrected chi connectivity index (χ1v) is 7.70. The van der Waals surface area contributed by atoms with Crippen LogP contribution in [0.1, 0.15) is 49.9 Å². The number of hydrogen-bond donors (Lipinski definition) is 2. The summed E-state index contributed by atoms with van der Waals surface area (Å²) in [5.74, 6) is 1.16. The number of hydrogen-bond acceptors (Lipinski definition) is 3. The molecule has 1 atom stereocenters. The minimum absolute atomic E-state index is 0.0761. The molecule has 1 unspecified atom stereocenters. The molecule has 1 heterocycles. The van der Waals surface area contributed by atoms with Crippen molar-refractivity contribution in [3.8, 4) is 0 Å². The van der Waals surface area contributed by atoms with Crippen LogP contribution in [0.5, 0.6) is 0 Å². The first kappa shape index (κ1) is 15.1. The third-order valence-corrected chi connectivity index (χ3v) is 4.07. The Morgan fingerprint density at radius 2 is 2.15 bits per heavy atom. The molecular weight excluding hydrogens is 274 g/mol. The average Bonchev–Trinajstić information content (AvgIpc) is 2.92. The lowest BCUT2D eigenvalue weighted by Gasteiger charge is -2.20. The zero-order chi connectivity index (χ0) is 14.5. The molecule has 0 saturated heterocycles. The van der Waals surface area contributed by atoms with E-state index in [4.69, 9.17) is 11.6 Å². The van der Waals surface area contributed by atoms with Crippen molar-refractivity contribution in [1.82, 2.24) is 10.3 Å². The van der Waals surface area contributed by atoms with E-state index in [2.05, 4.69) is 22.5 Å². The van der Waals surface area contributed by atoms with Gasteiger partial charge in [0.1, 0.15) is 11.0 Å². The van der Waals surface area contributed by atoms with Crippen molar-refractivity contribution in [2.45, 2.75) is 45.6 Å². The SMILES string of the molecule is CCNc1cc(C(=O)NC(C)C2CCCC2)cc(Cl)n1. The van der Waals surface area contributed by atoms with Gasteiger partial charge in [0.2, 0.25) is 0 Å². The van der Waals surface area contributed by atoms with Crippen molar-refractivity contribution in [2.24, 2.45) is 5.92 Å². The van der Waals surface area contributed by atoms with E-state index in [0.717, 1.165) is 6.54 Å². The molecule has 20 heavy (non-hydrogen) atoms. The fraction of sp³-hybridized carbons (Fsp3) is 0.600. The molecule has 1 aromatic heterocycles. The summed E-state index contributed by atoms with van der Waals surface area (Å²) in [6.45, 7) is 4.80. The fourth-order valence-corrected chi connectivity index (χ4v) is 2.97. The molecule has 2 N–H and O–H groups in total. The third-order valence-electron chi connectivity index (χ3n) is 3.88. The Morgan fingerprint density at radius 3 is 2.80 bits per heavy atom. The molecule has 0 aromatic carbocycles. The molecule has 1 aliphatic rings. The number of carbonyl (C=O) groups excluding carboxylic acids is 1. The van der Waals surface area contributed by atoms with Crippen LogP contribution < -0.4 is 10.6 Å². The maximum atomic E-state index is 12.3. The average molecular weight is 296 g/mol. The van der Waals surface area contributed by atoms with E-state index in [1.807, 2.05) is 6.92 Å². The lowest BCUT2D eigenvalue weighted by atomic mass is 9.99. The molecule has 1 fully saturated rings. The summed E-state index contributed by atoms with van der Waals surface area (Å²) in [7, 11) is 0. The van der Waals surface area contributed by atoms with Crippen LogP contribution in [-0.2, 0) is 0 Å². The fourth-order valence-electron chi connectivity index (χ4n) is 2.77. The Bertz CT molecular complexity index is 472. The van der Waals surface area contributed by atoms with Crippen molar-refractivity contribution in [3.05, 3.63) is 22.8 Å².